The summed E-state index contributed by atoms with van der Waals surface area (Å²) in [4.78, 5) is 24.5. The number of nitrogens with zero attached hydrogens (tertiary/aromatic N) is 6. The van der Waals surface area contributed by atoms with Gasteiger partial charge in [0.05, 0.1) is 24.7 Å². The fourth-order valence-corrected chi connectivity index (χ4v) is 3.45. The fraction of sp³-hybridized carbons (Fsp3) is 0.333. The highest BCUT2D eigenvalue weighted by Crippen LogP contribution is 2.19. The number of nitrogens with one attached hydrogen (secondary N) is 1. The molecular weight excluding hydrogens is 366 g/mol. The third kappa shape index (κ3) is 3.71. The lowest BCUT2D eigenvalue weighted by molar-refractivity contribution is 0.572. The van der Waals surface area contributed by atoms with Crippen LogP contribution < -0.4 is 15.8 Å². The number of benzene rings is 1. The SMILES string of the molecule is CC#CCn1c(N2CCNCC2)nc2ncn(Cc3ccc(C#N)cc3)c(=O)c21. The van der Waals surface area contributed by atoms with Crippen LogP contribution in [0.5, 0.6) is 0 Å². The van der Waals surface area contributed by atoms with E-state index in [4.69, 9.17) is 5.26 Å². The fourth-order valence-electron chi connectivity index (χ4n) is 3.45. The molecule has 0 aliphatic carbocycles. The standard InChI is InChI=1S/C21H21N7O/c1-2-3-10-28-18-19(25-21(28)26-11-8-23-9-12-26)24-15-27(20(18)29)14-17-6-4-16(13-22)5-7-17/h4-7,15,23H,8-12,14H2,1H3. The number of hydrogen-bond donors (Lipinski definition) is 1. The quantitative estimate of drug-likeness (QED) is 0.670. The Morgan fingerprint density at radius 2 is 1.97 bits per heavy atom. The van der Waals surface area contributed by atoms with Gasteiger partial charge < -0.3 is 10.2 Å². The smallest absolute Gasteiger partial charge is 0.280 e. The minimum Gasteiger partial charge on any atom is -0.340 e. The molecule has 0 unspecified atom stereocenters. The van der Waals surface area contributed by atoms with Gasteiger partial charge in [-0.1, -0.05) is 18.1 Å². The maximum Gasteiger partial charge on any atom is 0.280 e. The van der Waals surface area contributed by atoms with Crippen molar-refractivity contribution in [3.8, 4) is 17.9 Å². The average Bonchev–Trinajstić information content (AvgIpc) is 3.14. The van der Waals surface area contributed by atoms with Crippen molar-refractivity contribution in [2.75, 3.05) is 31.1 Å². The molecule has 0 bridgehead atoms. The lowest BCUT2D eigenvalue weighted by atomic mass is 10.1. The van der Waals surface area contributed by atoms with Crippen LogP contribution in [0.4, 0.5) is 5.95 Å². The Balaban J connectivity index is 1.77. The van der Waals surface area contributed by atoms with Crippen molar-refractivity contribution in [3.05, 3.63) is 52.1 Å². The van der Waals surface area contributed by atoms with Gasteiger partial charge in [-0.05, 0) is 24.6 Å². The molecule has 1 aromatic carbocycles. The Kier molecular flexibility index (Phi) is 5.28. The number of fused-ring (bicyclic) bond motifs is 1. The number of nitriles is 1. The summed E-state index contributed by atoms with van der Waals surface area (Å²) < 4.78 is 3.45. The summed E-state index contributed by atoms with van der Waals surface area (Å²) in [6, 6.07) is 9.29. The van der Waals surface area contributed by atoms with E-state index in [2.05, 4.69) is 38.1 Å². The first-order chi connectivity index (χ1) is 14.2. The van der Waals surface area contributed by atoms with E-state index >= 15 is 0 Å². The molecule has 8 heteroatoms. The first kappa shape index (κ1) is 18.7. The zero-order valence-corrected chi connectivity index (χ0v) is 16.2. The number of imidazole rings is 1. The van der Waals surface area contributed by atoms with Crippen LogP contribution in [0.1, 0.15) is 18.1 Å². The first-order valence-corrected chi connectivity index (χ1v) is 9.51. The minimum absolute atomic E-state index is 0.147. The van der Waals surface area contributed by atoms with Gasteiger partial charge in [0, 0.05) is 26.2 Å². The van der Waals surface area contributed by atoms with Gasteiger partial charge >= 0.3 is 0 Å². The highest BCUT2D eigenvalue weighted by molar-refractivity contribution is 5.74. The largest absolute Gasteiger partial charge is 0.340 e. The summed E-state index contributed by atoms with van der Waals surface area (Å²) in [6.45, 7) is 5.94. The molecule has 0 spiro atoms. The second-order valence-corrected chi connectivity index (χ2v) is 6.82. The second-order valence-electron chi connectivity index (χ2n) is 6.82. The van der Waals surface area contributed by atoms with Crippen LogP contribution in [0.2, 0.25) is 0 Å². The number of rotatable bonds is 4. The van der Waals surface area contributed by atoms with Gasteiger partial charge in [-0.25, -0.2) is 4.98 Å². The molecule has 1 aliphatic rings. The Morgan fingerprint density at radius 1 is 1.21 bits per heavy atom. The van der Waals surface area contributed by atoms with E-state index in [-0.39, 0.29) is 5.56 Å². The summed E-state index contributed by atoms with van der Waals surface area (Å²) in [6.07, 6.45) is 1.53. The van der Waals surface area contributed by atoms with Crippen molar-refractivity contribution in [1.29, 1.82) is 5.26 Å². The Hall–Kier alpha value is -3.62. The normalized spacial score (nSPS) is 13.7. The number of hydrogen-bond acceptors (Lipinski definition) is 6. The Bertz CT molecular complexity index is 1180. The second kappa shape index (κ2) is 8.17. The zero-order chi connectivity index (χ0) is 20.2. The van der Waals surface area contributed by atoms with Crippen molar-refractivity contribution in [1.82, 2.24) is 24.4 Å². The van der Waals surface area contributed by atoms with Crippen LogP contribution in [-0.4, -0.2) is 45.3 Å². The molecule has 3 heterocycles. The number of piperazine rings is 1. The molecule has 1 N–H and O–H groups in total. The molecular formula is C21H21N7O. The van der Waals surface area contributed by atoms with Crippen molar-refractivity contribution in [2.24, 2.45) is 0 Å². The molecule has 0 amide bonds. The molecule has 146 valence electrons. The van der Waals surface area contributed by atoms with Crippen LogP contribution in [0, 0.1) is 23.2 Å². The monoisotopic (exact) mass is 387 g/mol. The van der Waals surface area contributed by atoms with Crippen LogP contribution in [0.3, 0.4) is 0 Å². The van der Waals surface area contributed by atoms with E-state index in [1.165, 1.54) is 6.33 Å². The molecule has 3 aromatic rings. The van der Waals surface area contributed by atoms with E-state index in [0.717, 1.165) is 37.7 Å². The van der Waals surface area contributed by atoms with Crippen molar-refractivity contribution in [3.63, 3.8) is 0 Å². The predicted molar refractivity (Wildman–Crippen MR) is 111 cm³/mol. The van der Waals surface area contributed by atoms with Gasteiger partial charge in [-0.15, -0.1) is 5.92 Å². The summed E-state index contributed by atoms with van der Waals surface area (Å²) >= 11 is 0. The molecule has 1 saturated heterocycles. The van der Waals surface area contributed by atoms with Gasteiger partial charge in [0.25, 0.3) is 5.56 Å². The molecule has 1 aliphatic heterocycles. The summed E-state index contributed by atoms with van der Waals surface area (Å²) in [5.41, 5.74) is 2.28. The summed E-state index contributed by atoms with van der Waals surface area (Å²) in [7, 11) is 0. The van der Waals surface area contributed by atoms with Crippen molar-refractivity contribution < 1.29 is 0 Å². The zero-order valence-electron chi connectivity index (χ0n) is 16.2. The highest BCUT2D eigenvalue weighted by atomic mass is 16.1. The predicted octanol–water partition coefficient (Wildman–Crippen LogP) is 0.946. The summed E-state index contributed by atoms with van der Waals surface area (Å²) in [5, 5.41) is 12.3. The van der Waals surface area contributed by atoms with Gasteiger partial charge in [-0.2, -0.15) is 10.2 Å². The number of anilines is 1. The van der Waals surface area contributed by atoms with E-state index in [1.807, 2.05) is 16.7 Å². The lowest BCUT2D eigenvalue weighted by Crippen LogP contribution is -2.44. The molecule has 8 nitrogen and oxygen atoms in total. The Morgan fingerprint density at radius 3 is 2.66 bits per heavy atom. The maximum absolute atomic E-state index is 13.3. The van der Waals surface area contributed by atoms with Crippen LogP contribution >= 0.6 is 0 Å². The maximum atomic E-state index is 13.3. The molecule has 1 fully saturated rings. The van der Waals surface area contributed by atoms with E-state index in [0.29, 0.717) is 29.8 Å². The minimum atomic E-state index is -0.147. The van der Waals surface area contributed by atoms with Crippen LogP contribution in [-0.2, 0) is 13.1 Å². The third-order valence-electron chi connectivity index (χ3n) is 4.96. The highest BCUT2D eigenvalue weighted by Gasteiger charge is 2.21. The number of aromatic nitrogens is 4. The van der Waals surface area contributed by atoms with Gasteiger partial charge in [0.1, 0.15) is 6.33 Å². The molecule has 29 heavy (non-hydrogen) atoms. The first-order valence-electron chi connectivity index (χ1n) is 9.51. The van der Waals surface area contributed by atoms with Crippen molar-refractivity contribution in [2.45, 2.75) is 20.0 Å². The lowest BCUT2D eigenvalue weighted by Gasteiger charge is -2.28. The third-order valence-corrected chi connectivity index (χ3v) is 4.96. The molecule has 4 rings (SSSR count). The average molecular weight is 387 g/mol. The van der Waals surface area contributed by atoms with Gasteiger partial charge in [0.2, 0.25) is 5.95 Å². The molecule has 2 aromatic heterocycles. The summed E-state index contributed by atoms with van der Waals surface area (Å²) in [5.74, 6) is 6.70. The van der Waals surface area contributed by atoms with E-state index in [1.54, 1.807) is 23.6 Å². The molecule has 0 radical (unpaired) electrons. The molecule has 0 atom stereocenters. The molecule has 0 saturated carbocycles. The van der Waals surface area contributed by atoms with Gasteiger partial charge in [0.15, 0.2) is 11.2 Å². The van der Waals surface area contributed by atoms with Crippen LogP contribution in [0.15, 0.2) is 35.4 Å². The Labute approximate surface area is 168 Å². The topological polar surface area (TPSA) is 91.8 Å². The van der Waals surface area contributed by atoms with E-state index < -0.39 is 0 Å². The van der Waals surface area contributed by atoms with E-state index in [9.17, 15) is 4.79 Å². The van der Waals surface area contributed by atoms with Crippen LogP contribution in [0.25, 0.3) is 11.2 Å². The van der Waals surface area contributed by atoms with Gasteiger partial charge in [-0.3, -0.25) is 13.9 Å². The van der Waals surface area contributed by atoms with Crippen molar-refractivity contribution >= 4 is 17.1 Å².